The maximum atomic E-state index is 12.1. The van der Waals surface area contributed by atoms with Crippen molar-refractivity contribution in [1.82, 2.24) is 10.3 Å². The van der Waals surface area contributed by atoms with Crippen LogP contribution in [0.5, 0.6) is 0 Å². The number of nitrogens with one attached hydrogen (secondary N) is 1. The van der Waals surface area contributed by atoms with Crippen molar-refractivity contribution < 1.29 is 14.3 Å². The maximum Gasteiger partial charge on any atom is 0.220 e. The Hall–Kier alpha value is -2.14. The second kappa shape index (κ2) is 7.62. The van der Waals surface area contributed by atoms with Crippen LogP contribution >= 0.6 is 0 Å². The SMILES string of the molecule is Cc1nc(CCC(=O)NC2CCCCC2O)oc1-c1ccccc1. The summed E-state index contributed by atoms with van der Waals surface area (Å²) in [5.74, 6) is 1.28. The maximum absolute atomic E-state index is 12.1. The van der Waals surface area contributed by atoms with Gasteiger partial charge in [0, 0.05) is 18.4 Å². The third kappa shape index (κ3) is 4.03. The number of aliphatic hydroxyl groups is 1. The van der Waals surface area contributed by atoms with E-state index in [4.69, 9.17) is 4.42 Å². The molecule has 3 rings (SSSR count). The summed E-state index contributed by atoms with van der Waals surface area (Å²) < 4.78 is 5.82. The molecule has 2 aromatic rings. The number of hydrogen-bond acceptors (Lipinski definition) is 4. The highest BCUT2D eigenvalue weighted by molar-refractivity contribution is 5.76. The van der Waals surface area contributed by atoms with Crippen LogP contribution in [0.1, 0.15) is 43.7 Å². The van der Waals surface area contributed by atoms with E-state index in [0.29, 0.717) is 18.7 Å². The molecule has 0 aliphatic heterocycles. The summed E-state index contributed by atoms with van der Waals surface area (Å²) in [5, 5.41) is 12.9. The zero-order chi connectivity index (χ0) is 16.9. The van der Waals surface area contributed by atoms with Crippen molar-refractivity contribution in [2.75, 3.05) is 0 Å². The first kappa shape index (κ1) is 16.7. The van der Waals surface area contributed by atoms with Gasteiger partial charge in [0.15, 0.2) is 11.7 Å². The standard InChI is InChI=1S/C19H24N2O3/c1-13-19(14-7-3-2-4-8-14)24-18(20-13)12-11-17(23)21-15-9-5-6-10-16(15)22/h2-4,7-8,15-16,22H,5-6,9-12H2,1H3,(H,21,23). The fourth-order valence-corrected chi connectivity index (χ4v) is 3.20. The number of nitrogens with zero attached hydrogens (tertiary/aromatic N) is 1. The van der Waals surface area contributed by atoms with E-state index in [1.807, 2.05) is 37.3 Å². The van der Waals surface area contributed by atoms with Crippen molar-refractivity contribution in [1.29, 1.82) is 0 Å². The number of rotatable bonds is 5. The number of oxazole rings is 1. The highest BCUT2D eigenvalue weighted by Crippen LogP contribution is 2.24. The Balaban J connectivity index is 1.56. The summed E-state index contributed by atoms with van der Waals surface area (Å²) in [5.41, 5.74) is 1.82. The largest absolute Gasteiger partial charge is 0.440 e. The molecule has 0 radical (unpaired) electrons. The molecule has 1 aliphatic rings. The second-order valence-corrected chi connectivity index (χ2v) is 6.41. The van der Waals surface area contributed by atoms with E-state index in [9.17, 15) is 9.90 Å². The van der Waals surface area contributed by atoms with Gasteiger partial charge >= 0.3 is 0 Å². The summed E-state index contributed by atoms with van der Waals surface area (Å²) in [6.45, 7) is 1.91. The molecule has 1 aliphatic carbocycles. The predicted molar refractivity (Wildman–Crippen MR) is 91.4 cm³/mol. The lowest BCUT2D eigenvalue weighted by Gasteiger charge is -2.28. The molecule has 0 spiro atoms. The van der Waals surface area contributed by atoms with Gasteiger partial charge in [-0.2, -0.15) is 0 Å². The number of aliphatic hydroxyl groups excluding tert-OH is 1. The van der Waals surface area contributed by atoms with Gasteiger partial charge in [0.25, 0.3) is 0 Å². The molecule has 2 unspecified atom stereocenters. The van der Waals surface area contributed by atoms with Gasteiger partial charge in [-0.05, 0) is 19.8 Å². The lowest BCUT2D eigenvalue weighted by Crippen LogP contribution is -2.45. The van der Waals surface area contributed by atoms with Crippen LogP contribution in [-0.2, 0) is 11.2 Å². The van der Waals surface area contributed by atoms with Crippen LogP contribution in [0.4, 0.5) is 0 Å². The summed E-state index contributed by atoms with van der Waals surface area (Å²) in [7, 11) is 0. The zero-order valence-corrected chi connectivity index (χ0v) is 14.0. The first-order chi connectivity index (χ1) is 11.6. The van der Waals surface area contributed by atoms with E-state index in [1.54, 1.807) is 0 Å². The van der Waals surface area contributed by atoms with Crippen molar-refractivity contribution in [2.24, 2.45) is 0 Å². The van der Waals surface area contributed by atoms with E-state index >= 15 is 0 Å². The molecule has 24 heavy (non-hydrogen) atoms. The first-order valence-corrected chi connectivity index (χ1v) is 8.62. The van der Waals surface area contributed by atoms with Crippen molar-refractivity contribution in [3.05, 3.63) is 41.9 Å². The van der Waals surface area contributed by atoms with Gasteiger partial charge in [-0.15, -0.1) is 0 Å². The third-order valence-corrected chi connectivity index (χ3v) is 4.52. The Morgan fingerprint density at radius 3 is 2.79 bits per heavy atom. The average molecular weight is 328 g/mol. The normalized spacial score (nSPS) is 20.8. The summed E-state index contributed by atoms with van der Waals surface area (Å²) in [4.78, 5) is 16.5. The van der Waals surface area contributed by atoms with Crippen molar-refractivity contribution in [2.45, 2.75) is 57.6 Å². The van der Waals surface area contributed by atoms with Crippen LogP contribution in [0, 0.1) is 6.92 Å². The third-order valence-electron chi connectivity index (χ3n) is 4.52. The molecule has 2 N–H and O–H groups in total. The Kier molecular flexibility index (Phi) is 5.30. The molecule has 1 amide bonds. The molecule has 1 saturated carbocycles. The number of aryl methyl sites for hydroxylation is 2. The molecule has 0 bridgehead atoms. The number of carbonyl (C=O) groups is 1. The summed E-state index contributed by atoms with van der Waals surface area (Å²) in [6.07, 6.45) is 4.07. The lowest BCUT2D eigenvalue weighted by atomic mass is 9.92. The van der Waals surface area contributed by atoms with Gasteiger partial charge in [-0.3, -0.25) is 4.79 Å². The molecular weight excluding hydrogens is 304 g/mol. The second-order valence-electron chi connectivity index (χ2n) is 6.41. The topological polar surface area (TPSA) is 75.4 Å². The van der Waals surface area contributed by atoms with Crippen molar-refractivity contribution in [3.63, 3.8) is 0 Å². The number of amides is 1. The monoisotopic (exact) mass is 328 g/mol. The minimum Gasteiger partial charge on any atom is -0.440 e. The van der Waals surface area contributed by atoms with Gasteiger partial charge in [0.05, 0.1) is 17.8 Å². The van der Waals surface area contributed by atoms with Gasteiger partial charge in [0.2, 0.25) is 5.91 Å². The van der Waals surface area contributed by atoms with Crippen LogP contribution in [0.25, 0.3) is 11.3 Å². The molecule has 1 aromatic heterocycles. The van der Waals surface area contributed by atoms with Crippen LogP contribution in [0.15, 0.2) is 34.7 Å². The Morgan fingerprint density at radius 2 is 2.04 bits per heavy atom. The highest BCUT2D eigenvalue weighted by atomic mass is 16.4. The molecular formula is C19H24N2O3. The molecule has 0 saturated heterocycles. The van der Waals surface area contributed by atoms with Gasteiger partial charge in [0.1, 0.15) is 0 Å². The van der Waals surface area contributed by atoms with Crippen molar-refractivity contribution >= 4 is 5.91 Å². The number of benzene rings is 1. The van der Waals surface area contributed by atoms with Crippen LogP contribution in [-0.4, -0.2) is 28.1 Å². The van der Waals surface area contributed by atoms with E-state index in [1.165, 1.54) is 0 Å². The van der Waals surface area contributed by atoms with Crippen molar-refractivity contribution in [3.8, 4) is 11.3 Å². The lowest BCUT2D eigenvalue weighted by molar-refractivity contribution is -0.123. The van der Waals surface area contributed by atoms with Crippen LogP contribution in [0.3, 0.4) is 0 Å². The minimum atomic E-state index is -0.420. The minimum absolute atomic E-state index is 0.0573. The van der Waals surface area contributed by atoms with Gasteiger partial charge in [-0.25, -0.2) is 4.98 Å². The number of hydrogen-bond donors (Lipinski definition) is 2. The zero-order valence-electron chi connectivity index (χ0n) is 14.0. The molecule has 1 fully saturated rings. The summed E-state index contributed by atoms with van der Waals surface area (Å²) in [6, 6.07) is 9.72. The first-order valence-electron chi connectivity index (χ1n) is 8.62. The predicted octanol–water partition coefficient (Wildman–Crippen LogP) is 3.00. The summed E-state index contributed by atoms with van der Waals surface area (Å²) >= 11 is 0. The van der Waals surface area contributed by atoms with E-state index in [0.717, 1.165) is 42.7 Å². The fourth-order valence-electron chi connectivity index (χ4n) is 3.20. The smallest absolute Gasteiger partial charge is 0.220 e. The van der Waals surface area contributed by atoms with Gasteiger partial charge in [-0.1, -0.05) is 43.2 Å². The quantitative estimate of drug-likeness (QED) is 0.885. The van der Waals surface area contributed by atoms with Crippen LogP contribution in [0.2, 0.25) is 0 Å². The van der Waals surface area contributed by atoms with E-state index in [2.05, 4.69) is 10.3 Å². The van der Waals surface area contributed by atoms with E-state index < -0.39 is 6.10 Å². The molecule has 1 aromatic carbocycles. The Bertz CT molecular complexity index is 681. The highest BCUT2D eigenvalue weighted by Gasteiger charge is 2.24. The molecule has 128 valence electrons. The molecule has 5 heteroatoms. The van der Waals surface area contributed by atoms with Crippen LogP contribution < -0.4 is 5.32 Å². The fraction of sp³-hybridized carbons (Fsp3) is 0.474. The van der Waals surface area contributed by atoms with Gasteiger partial charge < -0.3 is 14.8 Å². The number of aromatic nitrogens is 1. The van der Waals surface area contributed by atoms with E-state index in [-0.39, 0.29) is 11.9 Å². The molecule has 2 atom stereocenters. The Labute approximate surface area is 142 Å². The Morgan fingerprint density at radius 1 is 1.29 bits per heavy atom. The molecule has 5 nitrogen and oxygen atoms in total. The number of carbonyl (C=O) groups excluding carboxylic acids is 1. The molecule has 1 heterocycles. The average Bonchev–Trinajstić information content (AvgIpc) is 2.97.